The van der Waals surface area contributed by atoms with Gasteiger partial charge in [-0.2, -0.15) is 5.10 Å². The van der Waals surface area contributed by atoms with Gasteiger partial charge in [-0.25, -0.2) is 0 Å². The number of aryl methyl sites for hydroxylation is 1. The summed E-state index contributed by atoms with van der Waals surface area (Å²) in [6.07, 6.45) is 0.682. The molecule has 18 heavy (non-hydrogen) atoms. The Hall–Kier alpha value is -2.37. The van der Waals surface area contributed by atoms with Crippen LogP contribution >= 0.6 is 0 Å². The molecule has 94 valence electrons. The number of aromatic nitrogens is 2. The van der Waals surface area contributed by atoms with Crippen LogP contribution in [0.1, 0.15) is 12.5 Å². The second-order valence-electron chi connectivity index (χ2n) is 3.96. The minimum absolute atomic E-state index is 0.0466. The maximum atomic E-state index is 11.0. The Morgan fingerprint density at radius 3 is 2.72 bits per heavy atom. The van der Waals surface area contributed by atoms with Crippen LogP contribution in [0.2, 0.25) is 0 Å². The Balaban J connectivity index is 2.69. The van der Waals surface area contributed by atoms with E-state index < -0.39 is 4.92 Å². The Kier molecular flexibility index (Phi) is 3.01. The molecule has 0 unspecified atom stereocenters. The zero-order valence-electron chi connectivity index (χ0n) is 10.3. The van der Waals surface area contributed by atoms with E-state index in [2.05, 4.69) is 5.10 Å². The fourth-order valence-electron chi connectivity index (χ4n) is 1.98. The van der Waals surface area contributed by atoms with Crippen molar-refractivity contribution in [2.75, 3.05) is 5.73 Å². The lowest BCUT2D eigenvalue weighted by atomic mass is 10.0. The first-order valence-electron chi connectivity index (χ1n) is 5.61. The van der Waals surface area contributed by atoms with Crippen LogP contribution in [0, 0.1) is 10.1 Å². The highest BCUT2D eigenvalue weighted by atomic mass is 16.6. The molecule has 6 heteroatoms. The molecule has 0 bridgehead atoms. The van der Waals surface area contributed by atoms with Gasteiger partial charge < -0.3 is 5.73 Å². The van der Waals surface area contributed by atoms with Crippen molar-refractivity contribution in [3.05, 3.63) is 39.9 Å². The molecular formula is C12H14N4O2. The van der Waals surface area contributed by atoms with Crippen LogP contribution in [0.3, 0.4) is 0 Å². The lowest BCUT2D eigenvalue weighted by molar-refractivity contribution is -0.384. The molecule has 2 rings (SSSR count). The summed E-state index contributed by atoms with van der Waals surface area (Å²) in [7, 11) is 1.73. The predicted octanol–water partition coefficient (Wildman–Crippen LogP) is 2.14. The van der Waals surface area contributed by atoms with Crippen LogP contribution in [0.5, 0.6) is 0 Å². The first-order valence-corrected chi connectivity index (χ1v) is 5.61. The number of nitrogens with zero attached hydrogens (tertiary/aromatic N) is 3. The number of nitrogens with two attached hydrogens (primary N) is 1. The zero-order chi connectivity index (χ0) is 13.3. The summed E-state index contributed by atoms with van der Waals surface area (Å²) >= 11 is 0. The van der Waals surface area contributed by atoms with Crippen molar-refractivity contribution >= 4 is 11.5 Å². The lowest BCUT2D eigenvalue weighted by Crippen LogP contribution is -1.98. The number of anilines is 1. The zero-order valence-corrected chi connectivity index (χ0v) is 10.3. The molecule has 0 aliphatic rings. The van der Waals surface area contributed by atoms with Crippen molar-refractivity contribution in [1.82, 2.24) is 9.78 Å². The van der Waals surface area contributed by atoms with Gasteiger partial charge in [-0.15, -0.1) is 0 Å². The van der Waals surface area contributed by atoms with Crippen molar-refractivity contribution in [1.29, 1.82) is 0 Å². The van der Waals surface area contributed by atoms with Gasteiger partial charge in [-0.3, -0.25) is 14.8 Å². The summed E-state index contributed by atoms with van der Waals surface area (Å²) in [4.78, 5) is 10.6. The van der Waals surface area contributed by atoms with Crippen LogP contribution in [-0.2, 0) is 13.5 Å². The average Bonchev–Trinajstić information content (AvgIpc) is 2.65. The van der Waals surface area contributed by atoms with Gasteiger partial charge in [0.1, 0.15) is 11.5 Å². The van der Waals surface area contributed by atoms with Gasteiger partial charge in [0.05, 0.1) is 10.5 Å². The van der Waals surface area contributed by atoms with Crippen molar-refractivity contribution in [3.63, 3.8) is 0 Å². The minimum atomic E-state index is -0.403. The van der Waals surface area contributed by atoms with E-state index in [0.29, 0.717) is 23.5 Å². The number of para-hydroxylation sites is 1. The molecule has 6 nitrogen and oxygen atoms in total. The van der Waals surface area contributed by atoms with E-state index in [-0.39, 0.29) is 5.69 Å². The normalized spacial score (nSPS) is 10.6. The molecule has 1 heterocycles. The van der Waals surface area contributed by atoms with Crippen molar-refractivity contribution in [2.45, 2.75) is 13.3 Å². The molecule has 0 radical (unpaired) electrons. The highest BCUT2D eigenvalue weighted by Gasteiger charge is 2.21. The van der Waals surface area contributed by atoms with Crippen LogP contribution in [0.25, 0.3) is 11.3 Å². The monoisotopic (exact) mass is 246 g/mol. The molecule has 0 aliphatic carbocycles. The van der Waals surface area contributed by atoms with Gasteiger partial charge >= 0.3 is 0 Å². The topological polar surface area (TPSA) is 87.0 Å². The summed E-state index contributed by atoms with van der Waals surface area (Å²) in [5.74, 6) is 0.547. The number of nitro groups is 1. The SMILES string of the molecule is CCc1c(-c2ccccc2[N+](=O)[O-])nn(C)c1N. The summed E-state index contributed by atoms with van der Waals surface area (Å²) in [6, 6.07) is 6.56. The lowest BCUT2D eigenvalue weighted by Gasteiger charge is -2.01. The maximum absolute atomic E-state index is 11.0. The number of hydrogen-bond donors (Lipinski definition) is 1. The number of nitrogen functional groups attached to an aromatic ring is 1. The van der Waals surface area contributed by atoms with E-state index in [1.54, 1.807) is 29.9 Å². The fraction of sp³-hybridized carbons (Fsp3) is 0.250. The molecule has 0 saturated heterocycles. The van der Waals surface area contributed by atoms with Gasteiger partial charge in [-0.1, -0.05) is 19.1 Å². The summed E-state index contributed by atoms with van der Waals surface area (Å²) in [6.45, 7) is 1.95. The van der Waals surface area contributed by atoms with E-state index in [1.807, 2.05) is 6.92 Å². The van der Waals surface area contributed by atoms with Crippen LogP contribution < -0.4 is 5.73 Å². The molecule has 0 spiro atoms. The third-order valence-electron chi connectivity index (χ3n) is 2.90. The standard InChI is InChI=1S/C12H14N4O2/c1-3-8-11(14-15(2)12(8)13)9-6-4-5-7-10(9)16(17)18/h4-7H,3,13H2,1-2H3. The number of benzene rings is 1. The van der Waals surface area contributed by atoms with Gasteiger partial charge in [0.2, 0.25) is 0 Å². The Labute approximate surface area is 104 Å². The molecule has 1 aromatic carbocycles. The largest absolute Gasteiger partial charge is 0.384 e. The molecule has 2 N–H and O–H groups in total. The third kappa shape index (κ3) is 1.81. The molecule has 0 atom stereocenters. The van der Waals surface area contributed by atoms with Gasteiger partial charge in [0, 0.05) is 18.7 Å². The molecule has 0 aliphatic heterocycles. The van der Waals surface area contributed by atoms with E-state index in [9.17, 15) is 10.1 Å². The Morgan fingerprint density at radius 2 is 2.11 bits per heavy atom. The maximum Gasteiger partial charge on any atom is 0.278 e. The third-order valence-corrected chi connectivity index (χ3v) is 2.90. The fourth-order valence-corrected chi connectivity index (χ4v) is 1.98. The first kappa shape index (κ1) is 12.1. The molecular weight excluding hydrogens is 232 g/mol. The van der Waals surface area contributed by atoms with Gasteiger partial charge in [-0.05, 0) is 12.5 Å². The highest BCUT2D eigenvalue weighted by Crippen LogP contribution is 2.33. The van der Waals surface area contributed by atoms with Gasteiger partial charge in [0.15, 0.2) is 0 Å². The Morgan fingerprint density at radius 1 is 1.44 bits per heavy atom. The molecule has 2 aromatic rings. The van der Waals surface area contributed by atoms with Crippen molar-refractivity contribution < 1.29 is 4.92 Å². The van der Waals surface area contributed by atoms with E-state index in [4.69, 9.17) is 5.73 Å². The van der Waals surface area contributed by atoms with Crippen LogP contribution in [0.4, 0.5) is 11.5 Å². The van der Waals surface area contributed by atoms with Crippen molar-refractivity contribution in [3.8, 4) is 11.3 Å². The van der Waals surface area contributed by atoms with Crippen LogP contribution in [-0.4, -0.2) is 14.7 Å². The quantitative estimate of drug-likeness (QED) is 0.664. The summed E-state index contributed by atoms with van der Waals surface area (Å²) in [5, 5.41) is 15.3. The molecule has 0 saturated carbocycles. The predicted molar refractivity (Wildman–Crippen MR) is 69.1 cm³/mol. The van der Waals surface area contributed by atoms with E-state index >= 15 is 0 Å². The van der Waals surface area contributed by atoms with E-state index in [0.717, 1.165) is 5.56 Å². The minimum Gasteiger partial charge on any atom is -0.384 e. The molecule has 0 amide bonds. The number of rotatable bonds is 3. The van der Waals surface area contributed by atoms with Gasteiger partial charge in [0.25, 0.3) is 5.69 Å². The average molecular weight is 246 g/mol. The smallest absolute Gasteiger partial charge is 0.278 e. The second-order valence-corrected chi connectivity index (χ2v) is 3.96. The Bertz CT molecular complexity index is 604. The van der Waals surface area contributed by atoms with E-state index in [1.165, 1.54) is 6.07 Å². The second kappa shape index (κ2) is 4.48. The van der Waals surface area contributed by atoms with Crippen molar-refractivity contribution in [2.24, 2.45) is 7.05 Å². The van der Waals surface area contributed by atoms with Crippen LogP contribution in [0.15, 0.2) is 24.3 Å². The molecule has 0 fully saturated rings. The number of nitro benzene ring substituents is 1. The summed E-state index contributed by atoms with van der Waals surface area (Å²) < 4.78 is 1.55. The number of hydrogen-bond acceptors (Lipinski definition) is 4. The molecule has 1 aromatic heterocycles. The highest BCUT2D eigenvalue weighted by molar-refractivity contribution is 5.75. The summed E-state index contributed by atoms with van der Waals surface area (Å²) in [5.41, 5.74) is 7.89. The first-order chi connectivity index (χ1) is 8.56.